The number of non-ortho nitro benzene ring substituents is 1. The highest BCUT2D eigenvalue weighted by molar-refractivity contribution is 6.30. The summed E-state index contributed by atoms with van der Waals surface area (Å²) in [5.41, 5.74) is 3.94. The molecule has 0 aliphatic heterocycles. The Morgan fingerprint density at radius 1 is 1.08 bits per heavy atom. The fraction of sp³-hybridized carbons (Fsp3) is 0.107. The van der Waals surface area contributed by atoms with E-state index in [0.29, 0.717) is 32.9 Å². The van der Waals surface area contributed by atoms with Gasteiger partial charge >= 0.3 is 0 Å². The van der Waals surface area contributed by atoms with E-state index in [4.69, 9.17) is 21.3 Å². The molecule has 3 aromatic carbocycles. The minimum atomic E-state index is -0.539. The topological polar surface area (TPSA) is 112 Å². The number of carbonyl (C=O) groups is 1. The van der Waals surface area contributed by atoms with Crippen molar-refractivity contribution >= 4 is 39.8 Å². The van der Waals surface area contributed by atoms with Crippen LogP contribution in [-0.4, -0.2) is 25.6 Å². The van der Waals surface area contributed by atoms with Crippen molar-refractivity contribution in [1.29, 1.82) is 0 Å². The monoisotopic (exact) mass is 527 g/mol. The molecule has 2 heterocycles. The van der Waals surface area contributed by atoms with Gasteiger partial charge in [-0.2, -0.15) is 5.10 Å². The number of amides is 1. The van der Waals surface area contributed by atoms with Crippen molar-refractivity contribution in [2.45, 2.75) is 13.8 Å². The van der Waals surface area contributed by atoms with Crippen molar-refractivity contribution < 1.29 is 14.5 Å². The zero-order valence-corrected chi connectivity index (χ0v) is 21.5. The maximum atomic E-state index is 13.6. The number of halogens is 1. The third-order valence-corrected chi connectivity index (χ3v) is 6.21. The predicted octanol–water partition coefficient (Wildman–Crippen LogP) is 6.86. The van der Waals surface area contributed by atoms with Crippen LogP contribution in [0.1, 0.15) is 21.6 Å². The molecule has 2 aromatic heterocycles. The molecule has 0 unspecified atom stereocenters. The van der Waals surface area contributed by atoms with Crippen molar-refractivity contribution in [3.63, 3.8) is 0 Å². The number of benzene rings is 3. The van der Waals surface area contributed by atoms with E-state index in [1.54, 1.807) is 28.9 Å². The first-order valence-corrected chi connectivity index (χ1v) is 12.0. The van der Waals surface area contributed by atoms with Crippen LogP contribution in [0.15, 0.2) is 72.9 Å². The van der Waals surface area contributed by atoms with Gasteiger partial charge in [0.1, 0.15) is 11.5 Å². The Hall–Kier alpha value is -4.76. The summed E-state index contributed by atoms with van der Waals surface area (Å²) in [6.07, 6.45) is 1.84. The summed E-state index contributed by atoms with van der Waals surface area (Å²) >= 11 is 6.03. The van der Waals surface area contributed by atoms with Gasteiger partial charge in [0.15, 0.2) is 0 Å². The van der Waals surface area contributed by atoms with Crippen LogP contribution >= 0.6 is 11.6 Å². The Morgan fingerprint density at radius 2 is 1.87 bits per heavy atom. The smallest absolute Gasteiger partial charge is 0.275 e. The molecule has 0 fully saturated rings. The average molecular weight is 528 g/mol. The lowest BCUT2D eigenvalue weighted by molar-refractivity contribution is -0.384. The van der Waals surface area contributed by atoms with E-state index in [1.165, 1.54) is 18.2 Å². The molecule has 1 N–H and O–H groups in total. The van der Waals surface area contributed by atoms with Crippen LogP contribution < -0.4 is 10.1 Å². The summed E-state index contributed by atoms with van der Waals surface area (Å²) in [5.74, 6) is 0.246. The van der Waals surface area contributed by atoms with Gasteiger partial charge in [-0.05, 0) is 49.7 Å². The molecule has 0 saturated carbocycles. The average Bonchev–Trinajstić information content (AvgIpc) is 3.22. The number of nitrogens with one attached hydrogen (secondary N) is 1. The largest absolute Gasteiger partial charge is 0.457 e. The number of nitrogens with zero attached hydrogens (tertiary/aromatic N) is 4. The van der Waals surface area contributed by atoms with Gasteiger partial charge in [-0.25, -0.2) is 4.98 Å². The third-order valence-electron chi connectivity index (χ3n) is 5.97. The number of rotatable bonds is 6. The number of pyridine rings is 1. The predicted molar refractivity (Wildman–Crippen MR) is 146 cm³/mol. The molecule has 190 valence electrons. The fourth-order valence-electron chi connectivity index (χ4n) is 4.22. The Bertz CT molecular complexity index is 1730. The van der Waals surface area contributed by atoms with E-state index in [2.05, 4.69) is 10.4 Å². The molecular weight excluding hydrogens is 506 g/mol. The van der Waals surface area contributed by atoms with Gasteiger partial charge < -0.3 is 10.1 Å². The quantitative estimate of drug-likeness (QED) is 0.191. The lowest BCUT2D eigenvalue weighted by atomic mass is 10.0. The second-order valence-corrected chi connectivity index (χ2v) is 9.25. The first-order chi connectivity index (χ1) is 18.2. The number of anilines is 1. The number of para-hydroxylation sites is 1. The molecule has 10 heteroatoms. The van der Waals surface area contributed by atoms with Crippen LogP contribution in [-0.2, 0) is 7.05 Å². The van der Waals surface area contributed by atoms with Crippen LogP contribution in [0.3, 0.4) is 0 Å². The van der Waals surface area contributed by atoms with Gasteiger partial charge in [0, 0.05) is 41.3 Å². The summed E-state index contributed by atoms with van der Waals surface area (Å²) < 4.78 is 7.60. The number of fused-ring (bicyclic) bond motifs is 1. The number of hydrogen-bond donors (Lipinski definition) is 1. The van der Waals surface area contributed by atoms with Crippen molar-refractivity contribution in [1.82, 2.24) is 14.8 Å². The fourth-order valence-corrected chi connectivity index (χ4v) is 4.45. The van der Waals surface area contributed by atoms with E-state index in [-0.39, 0.29) is 17.1 Å². The van der Waals surface area contributed by atoms with Crippen LogP contribution in [0, 0.1) is 24.0 Å². The van der Waals surface area contributed by atoms with E-state index in [0.717, 1.165) is 16.8 Å². The van der Waals surface area contributed by atoms with E-state index in [9.17, 15) is 14.9 Å². The normalized spacial score (nSPS) is 10.9. The summed E-state index contributed by atoms with van der Waals surface area (Å²) in [6, 6.07) is 18.2. The van der Waals surface area contributed by atoms with Gasteiger partial charge in [-0.1, -0.05) is 29.8 Å². The Morgan fingerprint density at radius 3 is 2.58 bits per heavy atom. The summed E-state index contributed by atoms with van der Waals surface area (Å²) in [6.45, 7) is 3.69. The molecule has 0 saturated heterocycles. The number of ether oxygens (including phenoxy) is 1. The number of nitro benzene ring substituents is 1. The van der Waals surface area contributed by atoms with Crippen molar-refractivity contribution in [2.75, 3.05) is 5.32 Å². The highest BCUT2D eigenvalue weighted by atomic mass is 35.5. The highest BCUT2D eigenvalue weighted by Crippen LogP contribution is 2.33. The molecule has 5 rings (SSSR count). The molecule has 5 aromatic rings. The number of hydrogen-bond acceptors (Lipinski definition) is 6. The van der Waals surface area contributed by atoms with Gasteiger partial charge in [0.25, 0.3) is 11.6 Å². The van der Waals surface area contributed by atoms with Crippen molar-refractivity contribution in [3.05, 3.63) is 105 Å². The first-order valence-electron chi connectivity index (χ1n) is 11.6. The standard InChI is InChI=1S/C28H22ClN5O4/c1-16-10-18(29)8-9-27(16)38-21-12-19(11-20(13-21)34(36)37)30-28(35)23-14-26(24-15-33(3)32-17(24)2)31-25-7-5-4-6-22(23)25/h4-15H,1-3H3,(H,30,35). The van der Waals surface area contributed by atoms with Gasteiger partial charge in [0.2, 0.25) is 0 Å². The third kappa shape index (κ3) is 5.05. The molecule has 0 aliphatic carbocycles. The Balaban J connectivity index is 1.54. The van der Waals surface area contributed by atoms with Gasteiger partial charge in [-0.3, -0.25) is 19.6 Å². The second kappa shape index (κ2) is 9.95. The molecule has 0 aliphatic rings. The number of nitro groups is 1. The maximum absolute atomic E-state index is 13.6. The first kappa shape index (κ1) is 24.9. The van der Waals surface area contributed by atoms with Crippen molar-refractivity contribution in [3.8, 4) is 22.8 Å². The van der Waals surface area contributed by atoms with Gasteiger partial charge in [0.05, 0.1) is 39.1 Å². The molecule has 0 radical (unpaired) electrons. The Labute approximate surface area is 222 Å². The summed E-state index contributed by atoms with van der Waals surface area (Å²) in [5, 5.41) is 20.0. The van der Waals surface area contributed by atoms with Crippen LogP contribution in [0.5, 0.6) is 11.5 Å². The number of aromatic nitrogens is 3. The van der Waals surface area contributed by atoms with E-state index in [1.807, 2.05) is 51.4 Å². The minimum Gasteiger partial charge on any atom is -0.457 e. The van der Waals surface area contributed by atoms with E-state index >= 15 is 0 Å². The molecule has 9 nitrogen and oxygen atoms in total. The SMILES string of the molecule is Cc1cc(Cl)ccc1Oc1cc(NC(=O)c2cc(-c3cn(C)nc3C)nc3ccccc23)cc([N+](=O)[O-])c1. The molecular formula is C28H22ClN5O4. The number of carbonyl (C=O) groups excluding carboxylic acids is 1. The molecule has 1 amide bonds. The molecule has 0 atom stereocenters. The lowest BCUT2D eigenvalue weighted by Gasteiger charge is -2.13. The van der Waals surface area contributed by atoms with Crippen LogP contribution in [0.25, 0.3) is 22.2 Å². The lowest BCUT2D eigenvalue weighted by Crippen LogP contribution is -2.13. The van der Waals surface area contributed by atoms with Crippen LogP contribution in [0.4, 0.5) is 11.4 Å². The zero-order chi connectivity index (χ0) is 27.0. The zero-order valence-electron chi connectivity index (χ0n) is 20.7. The Kier molecular flexibility index (Phi) is 6.52. The highest BCUT2D eigenvalue weighted by Gasteiger charge is 2.19. The minimum absolute atomic E-state index is 0.200. The van der Waals surface area contributed by atoms with E-state index < -0.39 is 10.8 Å². The summed E-state index contributed by atoms with van der Waals surface area (Å²) in [4.78, 5) is 29.4. The number of aryl methyl sites for hydroxylation is 3. The van der Waals surface area contributed by atoms with Gasteiger partial charge in [-0.15, -0.1) is 0 Å². The maximum Gasteiger partial charge on any atom is 0.275 e. The van der Waals surface area contributed by atoms with Crippen LogP contribution in [0.2, 0.25) is 5.02 Å². The molecule has 38 heavy (non-hydrogen) atoms. The molecule has 0 bridgehead atoms. The van der Waals surface area contributed by atoms with Crippen molar-refractivity contribution in [2.24, 2.45) is 7.05 Å². The second-order valence-electron chi connectivity index (χ2n) is 8.81. The summed E-state index contributed by atoms with van der Waals surface area (Å²) in [7, 11) is 1.82. The molecule has 0 spiro atoms.